The second-order valence-corrected chi connectivity index (χ2v) is 6.89. The van der Waals surface area contributed by atoms with Gasteiger partial charge >= 0.3 is 0 Å². The van der Waals surface area contributed by atoms with E-state index < -0.39 is 0 Å². The summed E-state index contributed by atoms with van der Waals surface area (Å²) in [5.41, 5.74) is 5.04. The Balaban J connectivity index is 1.51. The Hall–Kier alpha value is -2.41. The van der Waals surface area contributed by atoms with Crippen molar-refractivity contribution in [1.29, 1.82) is 0 Å². The van der Waals surface area contributed by atoms with Crippen molar-refractivity contribution in [2.75, 3.05) is 18.5 Å². The van der Waals surface area contributed by atoms with E-state index in [0.29, 0.717) is 19.5 Å². The molecule has 0 radical (unpaired) electrons. The summed E-state index contributed by atoms with van der Waals surface area (Å²) in [6, 6.07) is 8.12. The molecule has 1 aromatic carbocycles. The van der Waals surface area contributed by atoms with E-state index in [1.807, 2.05) is 29.5 Å². The van der Waals surface area contributed by atoms with E-state index in [0.717, 1.165) is 35.9 Å². The molecule has 1 aliphatic rings. The average molecular weight is 357 g/mol. The summed E-state index contributed by atoms with van der Waals surface area (Å²) < 4.78 is 0. The topological polar surface area (TPSA) is 69.6 Å². The summed E-state index contributed by atoms with van der Waals surface area (Å²) in [6.45, 7) is 4.22. The summed E-state index contributed by atoms with van der Waals surface area (Å²) in [5.74, 6) is 0.973. The molecule has 1 aliphatic heterocycles. The maximum absolute atomic E-state index is 11.8. The molecule has 2 aromatic rings. The summed E-state index contributed by atoms with van der Waals surface area (Å²) in [6.07, 6.45) is 1.61. The lowest BCUT2D eigenvalue weighted by atomic mass is 10.2. The Bertz CT molecular complexity index is 753. The van der Waals surface area contributed by atoms with Crippen LogP contribution in [0.15, 0.2) is 34.8 Å². The maximum Gasteiger partial charge on any atom is 0.227 e. The van der Waals surface area contributed by atoms with Crippen molar-refractivity contribution in [2.24, 2.45) is 4.99 Å². The molecule has 1 saturated heterocycles. The minimum atomic E-state index is 0.217. The molecule has 0 saturated carbocycles. The Kier molecular flexibility index (Phi) is 5.65. The van der Waals surface area contributed by atoms with Crippen LogP contribution in [0.1, 0.15) is 29.0 Å². The van der Waals surface area contributed by atoms with Gasteiger partial charge in [-0.15, -0.1) is 11.3 Å². The van der Waals surface area contributed by atoms with Gasteiger partial charge in [-0.25, -0.2) is 4.98 Å². The van der Waals surface area contributed by atoms with E-state index in [2.05, 4.69) is 32.7 Å². The third kappa shape index (κ3) is 4.36. The van der Waals surface area contributed by atoms with Gasteiger partial charge in [0.1, 0.15) is 0 Å². The Morgan fingerprint density at radius 3 is 2.64 bits per heavy atom. The fourth-order valence-corrected chi connectivity index (χ4v) is 3.50. The third-order valence-electron chi connectivity index (χ3n) is 4.27. The van der Waals surface area contributed by atoms with Crippen molar-refractivity contribution in [3.8, 4) is 0 Å². The molecular formula is C18H23N5OS. The van der Waals surface area contributed by atoms with Crippen molar-refractivity contribution < 1.29 is 4.79 Å². The molecule has 2 N–H and O–H groups in total. The number of benzene rings is 1. The predicted octanol–water partition coefficient (Wildman–Crippen LogP) is 2.44. The van der Waals surface area contributed by atoms with Gasteiger partial charge in [0.25, 0.3) is 0 Å². The number of hydrogen-bond acceptors (Lipinski definition) is 4. The van der Waals surface area contributed by atoms with Crippen LogP contribution in [0.2, 0.25) is 0 Å². The predicted molar refractivity (Wildman–Crippen MR) is 102 cm³/mol. The van der Waals surface area contributed by atoms with Crippen LogP contribution in [-0.2, 0) is 17.9 Å². The van der Waals surface area contributed by atoms with E-state index in [1.54, 1.807) is 18.4 Å². The molecule has 1 amide bonds. The van der Waals surface area contributed by atoms with Gasteiger partial charge in [-0.3, -0.25) is 9.79 Å². The molecular weight excluding hydrogens is 334 g/mol. The largest absolute Gasteiger partial charge is 0.352 e. The highest BCUT2D eigenvalue weighted by Crippen LogP contribution is 2.21. The zero-order valence-corrected chi connectivity index (χ0v) is 15.4. The van der Waals surface area contributed by atoms with E-state index >= 15 is 0 Å². The van der Waals surface area contributed by atoms with E-state index in [-0.39, 0.29) is 5.91 Å². The fraction of sp³-hybridized carbons (Fsp3) is 0.389. The molecule has 132 valence electrons. The van der Waals surface area contributed by atoms with Gasteiger partial charge in [-0.05, 0) is 31.0 Å². The minimum Gasteiger partial charge on any atom is -0.352 e. The number of nitrogens with one attached hydrogen (secondary N) is 2. The number of aromatic nitrogens is 1. The van der Waals surface area contributed by atoms with E-state index in [1.165, 1.54) is 4.88 Å². The number of nitrogens with zero attached hydrogens (tertiary/aromatic N) is 3. The first-order chi connectivity index (χ1) is 12.2. The Morgan fingerprint density at radius 1 is 1.28 bits per heavy atom. The molecule has 1 fully saturated rings. The highest BCUT2D eigenvalue weighted by Gasteiger charge is 2.21. The molecule has 3 rings (SSSR count). The SMILES string of the molecule is CN=C(NCc1ccc(N2CCCC2=O)cc1)NCc1scnc1C. The molecule has 0 spiro atoms. The molecule has 0 bridgehead atoms. The molecule has 2 heterocycles. The lowest BCUT2D eigenvalue weighted by molar-refractivity contribution is -0.117. The third-order valence-corrected chi connectivity index (χ3v) is 5.20. The Labute approximate surface area is 152 Å². The number of carbonyl (C=O) groups is 1. The molecule has 25 heavy (non-hydrogen) atoms. The quantitative estimate of drug-likeness (QED) is 0.637. The molecule has 7 heteroatoms. The number of amides is 1. The lowest BCUT2D eigenvalue weighted by Gasteiger charge is -2.16. The van der Waals surface area contributed by atoms with Crippen LogP contribution in [-0.4, -0.2) is 30.4 Å². The maximum atomic E-state index is 11.8. The lowest BCUT2D eigenvalue weighted by Crippen LogP contribution is -2.36. The van der Waals surface area contributed by atoms with Gasteiger partial charge < -0.3 is 15.5 Å². The number of guanidine groups is 1. The van der Waals surface area contributed by atoms with Crippen molar-refractivity contribution in [2.45, 2.75) is 32.9 Å². The zero-order chi connectivity index (χ0) is 17.6. The van der Waals surface area contributed by atoms with Crippen molar-refractivity contribution in [3.63, 3.8) is 0 Å². The van der Waals surface area contributed by atoms with Crippen molar-refractivity contribution >= 4 is 28.9 Å². The molecule has 1 aromatic heterocycles. The summed E-state index contributed by atoms with van der Waals surface area (Å²) in [4.78, 5) is 23.4. The second kappa shape index (κ2) is 8.11. The monoisotopic (exact) mass is 357 g/mol. The molecule has 0 unspecified atom stereocenters. The van der Waals surface area contributed by atoms with Crippen LogP contribution in [0.3, 0.4) is 0 Å². The van der Waals surface area contributed by atoms with Gasteiger partial charge in [-0.2, -0.15) is 0 Å². The first kappa shape index (κ1) is 17.4. The van der Waals surface area contributed by atoms with E-state index in [9.17, 15) is 4.79 Å². The van der Waals surface area contributed by atoms with Crippen LogP contribution in [0.4, 0.5) is 5.69 Å². The van der Waals surface area contributed by atoms with Crippen LogP contribution >= 0.6 is 11.3 Å². The number of hydrogen-bond donors (Lipinski definition) is 2. The van der Waals surface area contributed by atoms with Crippen molar-refractivity contribution in [3.05, 3.63) is 45.9 Å². The molecule has 0 atom stereocenters. The first-order valence-corrected chi connectivity index (χ1v) is 9.28. The number of carbonyl (C=O) groups excluding carboxylic acids is 1. The van der Waals surface area contributed by atoms with Gasteiger partial charge in [0, 0.05) is 37.1 Å². The van der Waals surface area contributed by atoms with Crippen LogP contribution < -0.4 is 15.5 Å². The minimum absolute atomic E-state index is 0.217. The van der Waals surface area contributed by atoms with Gasteiger partial charge in [0.2, 0.25) is 5.91 Å². The van der Waals surface area contributed by atoms with Gasteiger partial charge in [-0.1, -0.05) is 12.1 Å². The summed E-state index contributed by atoms with van der Waals surface area (Å²) in [5, 5.41) is 6.61. The smallest absolute Gasteiger partial charge is 0.227 e. The molecule has 0 aliphatic carbocycles. The highest BCUT2D eigenvalue weighted by atomic mass is 32.1. The number of aryl methyl sites for hydroxylation is 1. The second-order valence-electron chi connectivity index (χ2n) is 5.96. The highest BCUT2D eigenvalue weighted by molar-refractivity contribution is 7.09. The van der Waals surface area contributed by atoms with Gasteiger partial charge in [0.05, 0.1) is 17.7 Å². The number of thiazole rings is 1. The van der Waals surface area contributed by atoms with Crippen molar-refractivity contribution in [1.82, 2.24) is 15.6 Å². The van der Waals surface area contributed by atoms with Gasteiger partial charge in [0.15, 0.2) is 5.96 Å². The van der Waals surface area contributed by atoms with Crippen LogP contribution in [0.5, 0.6) is 0 Å². The fourth-order valence-electron chi connectivity index (χ4n) is 2.78. The van der Waals surface area contributed by atoms with Crippen LogP contribution in [0.25, 0.3) is 0 Å². The number of aliphatic imine (C=N–C) groups is 1. The summed E-state index contributed by atoms with van der Waals surface area (Å²) >= 11 is 1.64. The average Bonchev–Trinajstić information content (AvgIpc) is 3.24. The van der Waals surface area contributed by atoms with E-state index in [4.69, 9.17) is 0 Å². The summed E-state index contributed by atoms with van der Waals surface area (Å²) in [7, 11) is 1.76. The number of rotatable bonds is 5. The standard InChI is InChI=1S/C18H23N5OS/c1-13-16(25-12-22-13)11-21-18(19-2)20-10-14-5-7-15(8-6-14)23-9-3-4-17(23)24/h5-8,12H,3-4,9-11H2,1-2H3,(H2,19,20,21). The Morgan fingerprint density at radius 2 is 2.04 bits per heavy atom. The van der Waals surface area contributed by atoms with Crippen LogP contribution in [0, 0.1) is 6.92 Å². The number of anilines is 1. The normalized spacial score (nSPS) is 14.9. The zero-order valence-electron chi connectivity index (χ0n) is 14.6. The molecule has 6 nitrogen and oxygen atoms in total. The first-order valence-electron chi connectivity index (χ1n) is 8.40.